The molecule has 0 aliphatic carbocycles. The van der Waals surface area contributed by atoms with Gasteiger partial charge in [0.1, 0.15) is 5.82 Å². The van der Waals surface area contributed by atoms with E-state index in [-0.39, 0.29) is 6.42 Å². The van der Waals surface area contributed by atoms with Crippen LogP contribution < -0.4 is 0 Å². The van der Waals surface area contributed by atoms with Gasteiger partial charge in [0, 0.05) is 12.8 Å². The minimum Gasteiger partial charge on any atom is -0.481 e. The smallest absolute Gasteiger partial charge is 0.307 e. The van der Waals surface area contributed by atoms with Crippen LogP contribution in [0.1, 0.15) is 17.0 Å². The van der Waals surface area contributed by atoms with Crippen molar-refractivity contribution in [3.8, 4) is 0 Å². The highest BCUT2D eigenvalue weighted by atomic mass is 32.2. The van der Waals surface area contributed by atoms with Crippen molar-refractivity contribution in [3.05, 3.63) is 41.2 Å². The summed E-state index contributed by atoms with van der Waals surface area (Å²) >= 11 is 1.56. The van der Waals surface area contributed by atoms with Gasteiger partial charge in [0.2, 0.25) is 0 Å². The predicted octanol–water partition coefficient (Wildman–Crippen LogP) is 2.04. The first-order valence-electron chi connectivity index (χ1n) is 5.85. The van der Waals surface area contributed by atoms with Gasteiger partial charge in [0.05, 0.1) is 6.42 Å². The number of carboxylic acids is 1. The van der Waals surface area contributed by atoms with Crippen molar-refractivity contribution in [2.24, 2.45) is 7.05 Å². The molecule has 1 N–H and O–H groups in total. The van der Waals surface area contributed by atoms with Gasteiger partial charge in [-0.05, 0) is 18.1 Å². The molecule has 0 radical (unpaired) electrons. The average Bonchev–Trinajstić information content (AvgIpc) is 2.68. The minimum atomic E-state index is -0.813. The van der Waals surface area contributed by atoms with Crippen LogP contribution in [-0.2, 0) is 24.0 Å². The van der Waals surface area contributed by atoms with Crippen LogP contribution in [0, 0.1) is 6.92 Å². The summed E-state index contributed by atoms with van der Waals surface area (Å²) in [6, 6.07) is 7.59. The van der Waals surface area contributed by atoms with Crippen LogP contribution in [0.5, 0.6) is 0 Å². The number of rotatable bonds is 5. The summed E-state index contributed by atoms with van der Waals surface area (Å²) < 4.78 is 1.92. The molecule has 100 valence electrons. The van der Waals surface area contributed by atoms with Gasteiger partial charge in [-0.15, -0.1) is 10.2 Å². The van der Waals surface area contributed by atoms with Gasteiger partial charge in [-0.1, -0.05) is 36.0 Å². The topological polar surface area (TPSA) is 68.0 Å². The van der Waals surface area contributed by atoms with E-state index in [2.05, 4.69) is 10.2 Å². The van der Waals surface area contributed by atoms with Gasteiger partial charge in [0.15, 0.2) is 5.16 Å². The maximum absolute atomic E-state index is 10.8. The van der Waals surface area contributed by atoms with E-state index in [1.165, 1.54) is 0 Å². The van der Waals surface area contributed by atoms with Crippen LogP contribution in [0.3, 0.4) is 0 Å². The number of aliphatic carboxylic acids is 1. The molecule has 0 spiro atoms. The zero-order valence-electron chi connectivity index (χ0n) is 10.8. The number of thioether (sulfide) groups is 1. The van der Waals surface area contributed by atoms with E-state index >= 15 is 0 Å². The highest BCUT2D eigenvalue weighted by molar-refractivity contribution is 7.98. The molecule has 0 amide bonds. The molecule has 1 aromatic heterocycles. The van der Waals surface area contributed by atoms with Gasteiger partial charge >= 0.3 is 5.97 Å². The van der Waals surface area contributed by atoms with E-state index < -0.39 is 5.97 Å². The molecule has 0 aliphatic rings. The molecule has 1 aromatic carbocycles. The summed E-state index contributed by atoms with van der Waals surface area (Å²) in [4.78, 5) is 10.8. The number of aromatic nitrogens is 3. The van der Waals surface area contributed by atoms with Crippen LogP contribution in [0.15, 0.2) is 29.4 Å². The molecule has 0 unspecified atom stereocenters. The molecular formula is C13H15N3O2S. The largest absolute Gasteiger partial charge is 0.481 e. The Labute approximate surface area is 115 Å². The van der Waals surface area contributed by atoms with Crippen molar-refractivity contribution in [1.82, 2.24) is 14.8 Å². The van der Waals surface area contributed by atoms with Crippen LogP contribution in [0.25, 0.3) is 0 Å². The van der Waals surface area contributed by atoms with Gasteiger partial charge in [-0.25, -0.2) is 0 Å². The lowest BCUT2D eigenvalue weighted by Gasteiger charge is -2.07. The van der Waals surface area contributed by atoms with Gasteiger partial charge in [-0.2, -0.15) is 0 Å². The Hall–Kier alpha value is -1.82. The highest BCUT2D eigenvalue weighted by Gasteiger charge is 2.09. The molecule has 6 heteroatoms. The molecule has 0 atom stereocenters. The van der Waals surface area contributed by atoms with Crippen molar-refractivity contribution >= 4 is 17.7 Å². The van der Waals surface area contributed by atoms with E-state index in [1.807, 2.05) is 42.8 Å². The van der Waals surface area contributed by atoms with Gasteiger partial charge in [-0.3, -0.25) is 4.79 Å². The number of hydrogen-bond donors (Lipinski definition) is 1. The standard InChI is InChI=1S/C13H15N3O2S/c1-9-14-15-13(16(9)2)19-8-11-6-4-3-5-10(11)7-12(17)18/h3-6H,7-8H2,1-2H3,(H,17,18). The lowest BCUT2D eigenvalue weighted by atomic mass is 10.1. The van der Waals surface area contributed by atoms with E-state index in [0.29, 0.717) is 5.75 Å². The number of hydrogen-bond acceptors (Lipinski definition) is 4. The van der Waals surface area contributed by atoms with E-state index in [9.17, 15) is 4.79 Å². The first kappa shape index (κ1) is 13.6. The second kappa shape index (κ2) is 5.88. The van der Waals surface area contributed by atoms with E-state index in [4.69, 9.17) is 5.11 Å². The number of carbonyl (C=O) groups is 1. The molecule has 2 aromatic rings. The fraction of sp³-hybridized carbons (Fsp3) is 0.308. The summed E-state index contributed by atoms with van der Waals surface area (Å²) in [7, 11) is 1.92. The number of nitrogens with zero attached hydrogens (tertiary/aromatic N) is 3. The number of carboxylic acid groups (broad SMARTS) is 1. The second-order valence-corrected chi connectivity index (χ2v) is 5.16. The Morgan fingerprint density at radius 1 is 1.32 bits per heavy atom. The lowest BCUT2D eigenvalue weighted by Crippen LogP contribution is -2.03. The van der Waals surface area contributed by atoms with Crippen LogP contribution >= 0.6 is 11.8 Å². The highest BCUT2D eigenvalue weighted by Crippen LogP contribution is 2.23. The molecule has 0 bridgehead atoms. The summed E-state index contributed by atoms with van der Waals surface area (Å²) in [6.07, 6.45) is 0.0502. The van der Waals surface area contributed by atoms with E-state index in [1.54, 1.807) is 11.8 Å². The molecule has 19 heavy (non-hydrogen) atoms. The molecule has 0 saturated carbocycles. The normalized spacial score (nSPS) is 10.6. The fourth-order valence-electron chi connectivity index (χ4n) is 1.69. The average molecular weight is 277 g/mol. The van der Waals surface area contributed by atoms with Crippen LogP contribution in [0.4, 0.5) is 0 Å². The number of benzene rings is 1. The van der Waals surface area contributed by atoms with Crippen molar-refractivity contribution in [1.29, 1.82) is 0 Å². The Morgan fingerprint density at radius 3 is 2.58 bits per heavy atom. The zero-order chi connectivity index (χ0) is 13.8. The summed E-state index contributed by atoms with van der Waals surface area (Å²) in [5.41, 5.74) is 1.87. The number of aryl methyl sites for hydroxylation is 1. The molecule has 0 saturated heterocycles. The Morgan fingerprint density at radius 2 is 2.00 bits per heavy atom. The van der Waals surface area contributed by atoms with Gasteiger partial charge < -0.3 is 9.67 Å². The first-order valence-corrected chi connectivity index (χ1v) is 6.84. The van der Waals surface area contributed by atoms with Crippen molar-refractivity contribution < 1.29 is 9.90 Å². The summed E-state index contributed by atoms with van der Waals surface area (Å²) in [5.74, 6) is 0.739. The molecule has 2 rings (SSSR count). The minimum absolute atomic E-state index is 0.0502. The maximum atomic E-state index is 10.8. The lowest BCUT2D eigenvalue weighted by molar-refractivity contribution is -0.136. The first-order chi connectivity index (χ1) is 9.08. The Bertz CT molecular complexity index is 595. The predicted molar refractivity (Wildman–Crippen MR) is 73.1 cm³/mol. The van der Waals surface area contributed by atoms with Crippen LogP contribution in [-0.4, -0.2) is 25.8 Å². The third-order valence-electron chi connectivity index (χ3n) is 2.87. The third kappa shape index (κ3) is 3.35. The molecule has 0 fully saturated rings. The summed E-state index contributed by atoms with van der Waals surface area (Å²) in [6.45, 7) is 1.90. The zero-order valence-corrected chi connectivity index (χ0v) is 11.6. The second-order valence-electron chi connectivity index (χ2n) is 4.22. The Balaban J connectivity index is 2.11. The van der Waals surface area contributed by atoms with Crippen molar-refractivity contribution in [2.45, 2.75) is 24.3 Å². The summed E-state index contributed by atoms with van der Waals surface area (Å²) in [5, 5.41) is 17.8. The molecular weight excluding hydrogens is 262 g/mol. The fourth-order valence-corrected chi connectivity index (χ4v) is 2.68. The maximum Gasteiger partial charge on any atom is 0.307 e. The van der Waals surface area contributed by atoms with Crippen LogP contribution in [0.2, 0.25) is 0 Å². The molecule has 5 nitrogen and oxygen atoms in total. The SMILES string of the molecule is Cc1nnc(SCc2ccccc2CC(=O)O)n1C. The Kier molecular flexibility index (Phi) is 4.21. The van der Waals surface area contributed by atoms with Crippen molar-refractivity contribution in [3.63, 3.8) is 0 Å². The molecule has 0 aliphatic heterocycles. The third-order valence-corrected chi connectivity index (χ3v) is 3.94. The van der Waals surface area contributed by atoms with Crippen molar-refractivity contribution in [2.75, 3.05) is 0 Å². The van der Waals surface area contributed by atoms with E-state index in [0.717, 1.165) is 22.1 Å². The van der Waals surface area contributed by atoms with Gasteiger partial charge in [0.25, 0.3) is 0 Å². The monoisotopic (exact) mass is 277 g/mol. The molecule has 1 heterocycles. The quantitative estimate of drug-likeness (QED) is 0.847.